The zero-order valence-electron chi connectivity index (χ0n) is 15.5. The van der Waals surface area contributed by atoms with Crippen LogP contribution < -0.4 is 15.4 Å². The quantitative estimate of drug-likeness (QED) is 0.824. The summed E-state index contributed by atoms with van der Waals surface area (Å²) >= 11 is 0. The molecular weight excluding hydrogens is 342 g/mol. The fourth-order valence-electron chi connectivity index (χ4n) is 3.16. The standard InChI is InChI=1S/C21H25N3O3/c1-22-20(25)15-27-19-9-7-16(8-10-19)13-23-21(26)24-12-11-18(14-24)17-5-3-2-4-6-17/h2-10,18H,11-15H2,1H3,(H,22,25)(H,23,26). The lowest BCUT2D eigenvalue weighted by molar-refractivity contribution is -0.122. The summed E-state index contributed by atoms with van der Waals surface area (Å²) in [4.78, 5) is 25.5. The Morgan fingerprint density at radius 3 is 2.56 bits per heavy atom. The van der Waals surface area contributed by atoms with Crippen molar-refractivity contribution >= 4 is 11.9 Å². The highest BCUT2D eigenvalue weighted by atomic mass is 16.5. The number of nitrogens with one attached hydrogen (secondary N) is 2. The number of benzene rings is 2. The van der Waals surface area contributed by atoms with Crippen molar-refractivity contribution in [2.24, 2.45) is 0 Å². The van der Waals surface area contributed by atoms with Gasteiger partial charge >= 0.3 is 6.03 Å². The number of nitrogens with zero attached hydrogens (tertiary/aromatic N) is 1. The molecule has 1 fully saturated rings. The maximum atomic E-state index is 12.4. The summed E-state index contributed by atoms with van der Waals surface area (Å²) in [6.07, 6.45) is 0.995. The van der Waals surface area contributed by atoms with Gasteiger partial charge in [0.15, 0.2) is 6.61 Å². The molecule has 3 rings (SSSR count). The summed E-state index contributed by atoms with van der Waals surface area (Å²) in [5.41, 5.74) is 2.27. The van der Waals surface area contributed by atoms with E-state index in [2.05, 4.69) is 22.8 Å². The second-order valence-electron chi connectivity index (χ2n) is 6.61. The number of rotatable bonds is 6. The molecular formula is C21H25N3O3. The largest absolute Gasteiger partial charge is 0.484 e. The number of carbonyl (C=O) groups is 2. The zero-order chi connectivity index (χ0) is 19.1. The molecule has 2 aromatic carbocycles. The van der Waals surface area contributed by atoms with E-state index in [0.717, 1.165) is 25.1 Å². The minimum atomic E-state index is -0.175. The zero-order valence-corrected chi connectivity index (χ0v) is 15.5. The maximum Gasteiger partial charge on any atom is 0.317 e. The summed E-state index contributed by atoms with van der Waals surface area (Å²) < 4.78 is 5.37. The van der Waals surface area contributed by atoms with Crippen LogP contribution in [0.2, 0.25) is 0 Å². The van der Waals surface area contributed by atoms with Crippen molar-refractivity contribution in [2.45, 2.75) is 18.9 Å². The van der Waals surface area contributed by atoms with Crippen LogP contribution >= 0.6 is 0 Å². The highest BCUT2D eigenvalue weighted by Crippen LogP contribution is 2.26. The van der Waals surface area contributed by atoms with Crippen molar-refractivity contribution in [3.05, 3.63) is 65.7 Å². The first kappa shape index (κ1) is 18.8. The molecule has 142 valence electrons. The summed E-state index contributed by atoms with van der Waals surface area (Å²) in [5, 5.41) is 5.48. The molecule has 0 aliphatic carbocycles. The summed E-state index contributed by atoms with van der Waals surface area (Å²) in [5.74, 6) is 0.860. The van der Waals surface area contributed by atoms with Gasteiger partial charge in [-0.2, -0.15) is 0 Å². The lowest BCUT2D eigenvalue weighted by atomic mass is 9.99. The number of carbonyl (C=O) groups excluding carboxylic acids is 2. The van der Waals surface area contributed by atoms with Crippen molar-refractivity contribution in [2.75, 3.05) is 26.7 Å². The number of likely N-dealkylation sites (N-methyl/N-ethyl adjacent to an activating group) is 1. The molecule has 0 spiro atoms. The normalized spacial score (nSPS) is 16.0. The molecule has 1 saturated heterocycles. The fraction of sp³-hybridized carbons (Fsp3) is 0.333. The molecule has 6 nitrogen and oxygen atoms in total. The van der Waals surface area contributed by atoms with E-state index in [1.54, 1.807) is 19.2 Å². The number of urea groups is 1. The Bertz CT molecular complexity index is 762. The Kier molecular flexibility index (Phi) is 6.30. The van der Waals surface area contributed by atoms with E-state index in [4.69, 9.17) is 4.74 Å². The number of amides is 3. The number of hydrogen-bond donors (Lipinski definition) is 2. The van der Waals surface area contributed by atoms with Gasteiger partial charge in [0.1, 0.15) is 5.75 Å². The van der Waals surface area contributed by atoms with E-state index < -0.39 is 0 Å². The average molecular weight is 367 g/mol. The van der Waals surface area contributed by atoms with Gasteiger partial charge in [-0.15, -0.1) is 0 Å². The molecule has 1 unspecified atom stereocenters. The molecule has 2 N–H and O–H groups in total. The molecule has 1 atom stereocenters. The molecule has 0 aromatic heterocycles. The predicted octanol–water partition coefficient (Wildman–Crippen LogP) is 2.51. The van der Waals surface area contributed by atoms with E-state index >= 15 is 0 Å². The van der Waals surface area contributed by atoms with Gasteiger partial charge in [-0.1, -0.05) is 42.5 Å². The monoisotopic (exact) mass is 367 g/mol. The average Bonchev–Trinajstić information content (AvgIpc) is 3.22. The van der Waals surface area contributed by atoms with Crippen LogP contribution in [0.5, 0.6) is 5.75 Å². The van der Waals surface area contributed by atoms with E-state index in [1.807, 2.05) is 35.2 Å². The van der Waals surface area contributed by atoms with E-state index in [0.29, 0.717) is 18.2 Å². The Balaban J connectivity index is 1.44. The van der Waals surface area contributed by atoms with Crippen LogP contribution in [0.4, 0.5) is 4.79 Å². The molecule has 1 aliphatic heterocycles. The highest BCUT2D eigenvalue weighted by Gasteiger charge is 2.26. The van der Waals surface area contributed by atoms with Crippen molar-refractivity contribution in [3.8, 4) is 5.75 Å². The second kappa shape index (κ2) is 9.07. The molecule has 0 bridgehead atoms. The second-order valence-corrected chi connectivity index (χ2v) is 6.61. The van der Waals surface area contributed by atoms with Gasteiger partial charge in [0.2, 0.25) is 0 Å². The van der Waals surface area contributed by atoms with Gasteiger partial charge in [-0.3, -0.25) is 4.79 Å². The van der Waals surface area contributed by atoms with Crippen LogP contribution in [-0.4, -0.2) is 43.6 Å². The fourth-order valence-corrected chi connectivity index (χ4v) is 3.16. The molecule has 2 aromatic rings. The first-order chi connectivity index (χ1) is 13.2. The van der Waals surface area contributed by atoms with Crippen molar-refractivity contribution in [1.29, 1.82) is 0 Å². The topological polar surface area (TPSA) is 70.7 Å². The third kappa shape index (κ3) is 5.23. The molecule has 6 heteroatoms. The van der Waals surface area contributed by atoms with Crippen LogP contribution in [-0.2, 0) is 11.3 Å². The van der Waals surface area contributed by atoms with E-state index in [1.165, 1.54) is 5.56 Å². The van der Waals surface area contributed by atoms with E-state index in [9.17, 15) is 9.59 Å². The minimum absolute atomic E-state index is 0.00980. The lowest BCUT2D eigenvalue weighted by Crippen LogP contribution is -2.37. The molecule has 1 aliphatic rings. The first-order valence-electron chi connectivity index (χ1n) is 9.15. The van der Waals surface area contributed by atoms with Crippen molar-refractivity contribution in [3.63, 3.8) is 0 Å². The summed E-state index contributed by atoms with van der Waals surface area (Å²) in [6.45, 7) is 1.98. The van der Waals surface area contributed by atoms with E-state index in [-0.39, 0.29) is 18.5 Å². The Hall–Kier alpha value is -3.02. The van der Waals surface area contributed by atoms with Gasteiger partial charge in [0.05, 0.1) is 0 Å². The minimum Gasteiger partial charge on any atom is -0.484 e. The van der Waals surface area contributed by atoms with Crippen molar-refractivity contribution < 1.29 is 14.3 Å². The third-order valence-corrected chi connectivity index (χ3v) is 4.76. The van der Waals surface area contributed by atoms with Crippen molar-refractivity contribution in [1.82, 2.24) is 15.5 Å². The Morgan fingerprint density at radius 2 is 1.85 bits per heavy atom. The number of ether oxygens (including phenoxy) is 1. The molecule has 27 heavy (non-hydrogen) atoms. The van der Waals surface area contributed by atoms with Crippen LogP contribution in [0.1, 0.15) is 23.5 Å². The van der Waals surface area contributed by atoms with Crippen LogP contribution in [0.15, 0.2) is 54.6 Å². The summed E-state index contributed by atoms with van der Waals surface area (Å²) in [6, 6.07) is 17.7. The lowest BCUT2D eigenvalue weighted by Gasteiger charge is -2.17. The maximum absolute atomic E-state index is 12.4. The Morgan fingerprint density at radius 1 is 1.11 bits per heavy atom. The predicted molar refractivity (Wildman–Crippen MR) is 104 cm³/mol. The smallest absolute Gasteiger partial charge is 0.317 e. The molecule has 0 radical (unpaired) electrons. The molecule has 0 saturated carbocycles. The van der Waals surface area contributed by atoms with Gasteiger partial charge < -0.3 is 20.3 Å². The van der Waals surface area contributed by atoms with Gasteiger partial charge in [-0.25, -0.2) is 4.79 Å². The van der Waals surface area contributed by atoms with Gasteiger partial charge in [0, 0.05) is 32.6 Å². The molecule has 3 amide bonds. The van der Waals surface area contributed by atoms with Gasteiger partial charge in [0.25, 0.3) is 5.91 Å². The van der Waals surface area contributed by atoms with Crippen LogP contribution in [0, 0.1) is 0 Å². The van der Waals surface area contributed by atoms with Crippen LogP contribution in [0.25, 0.3) is 0 Å². The van der Waals surface area contributed by atoms with Gasteiger partial charge in [-0.05, 0) is 29.7 Å². The van der Waals surface area contributed by atoms with Crippen LogP contribution in [0.3, 0.4) is 0 Å². The Labute approximate surface area is 159 Å². The SMILES string of the molecule is CNC(=O)COc1ccc(CNC(=O)N2CCC(c3ccccc3)C2)cc1. The molecule has 1 heterocycles. The number of hydrogen-bond acceptors (Lipinski definition) is 3. The number of likely N-dealkylation sites (tertiary alicyclic amines) is 1. The highest BCUT2D eigenvalue weighted by molar-refractivity contribution is 5.77. The third-order valence-electron chi connectivity index (χ3n) is 4.76. The summed E-state index contributed by atoms with van der Waals surface area (Å²) in [7, 11) is 1.57. The first-order valence-corrected chi connectivity index (χ1v) is 9.15.